The molecule has 0 aromatic heterocycles. The minimum Gasteiger partial charge on any atom is -0.512 e. The first-order valence-electron chi connectivity index (χ1n) is 3.77. The lowest BCUT2D eigenvalue weighted by Gasteiger charge is -2.10. The topological polar surface area (TPSA) is 58.9 Å². The lowest BCUT2D eigenvalue weighted by Crippen LogP contribution is -2.12. The van der Waals surface area contributed by atoms with Gasteiger partial charge in [0.2, 0.25) is 0 Å². The number of allylic oxidation sites excluding steroid dienone is 2. The molecule has 0 aliphatic heterocycles. The molecule has 0 heterocycles. The number of ketones is 1. The molecule has 4 nitrogen and oxygen atoms in total. The normalized spacial score (nSPS) is 18.9. The molecule has 0 radical (unpaired) electrons. The van der Waals surface area contributed by atoms with Crippen LogP contribution in [0.1, 0.15) is 19.3 Å². The number of Topliss-reactive ketones (excluding diaryl/α,β-unsaturated/α-hetero) is 1. The highest BCUT2D eigenvalue weighted by atomic mass is 16.6. The molecule has 1 aliphatic carbocycles. The van der Waals surface area contributed by atoms with Gasteiger partial charge in [-0.15, -0.1) is 0 Å². The van der Waals surface area contributed by atoms with Crippen LogP contribution in [-0.4, -0.2) is 24.2 Å². The van der Waals surface area contributed by atoms with E-state index in [1.807, 2.05) is 0 Å². The fourth-order valence-electron chi connectivity index (χ4n) is 1.10. The summed E-state index contributed by atoms with van der Waals surface area (Å²) in [6.45, 7) is 0. The van der Waals surface area contributed by atoms with Crippen LogP contribution in [0.5, 0.6) is 0 Å². The summed E-state index contributed by atoms with van der Waals surface area (Å²) in [5, 5.41) is 12.7. The molecule has 0 fully saturated rings. The van der Waals surface area contributed by atoms with Gasteiger partial charge in [-0.1, -0.05) is 5.16 Å². The van der Waals surface area contributed by atoms with Gasteiger partial charge >= 0.3 is 0 Å². The molecule has 66 valence electrons. The van der Waals surface area contributed by atoms with E-state index in [0.717, 1.165) is 6.42 Å². The lowest BCUT2D eigenvalue weighted by molar-refractivity contribution is -0.115. The van der Waals surface area contributed by atoms with Gasteiger partial charge in [0.25, 0.3) is 0 Å². The quantitative estimate of drug-likeness (QED) is 0.498. The first-order chi connectivity index (χ1) is 5.75. The second-order valence-corrected chi connectivity index (χ2v) is 2.55. The molecular formula is C8H11NO3. The van der Waals surface area contributed by atoms with Crippen molar-refractivity contribution in [3.63, 3.8) is 0 Å². The number of carbonyl (C=O) groups is 1. The molecule has 4 heteroatoms. The summed E-state index contributed by atoms with van der Waals surface area (Å²) in [5.74, 6) is 0.0478. The third-order valence-electron chi connectivity index (χ3n) is 1.72. The van der Waals surface area contributed by atoms with Gasteiger partial charge in [0, 0.05) is 12.8 Å². The summed E-state index contributed by atoms with van der Waals surface area (Å²) >= 11 is 0. The van der Waals surface area contributed by atoms with Crippen molar-refractivity contribution in [3.05, 3.63) is 11.3 Å². The molecular weight excluding hydrogens is 158 g/mol. The summed E-state index contributed by atoms with van der Waals surface area (Å²) in [4.78, 5) is 15.6. The maximum Gasteiger partial charge on any atom is 0.167 e. The third kappa shape index (κ3) is 1.84. The van der Waals surface area contributed by atoms with E-state index >= 15 is 0 Å². The van der Waals surface area contributed by atoms with Crippen molar-refractivity contribution >= 4 is 12.0 Å². The highest BCUT2D eigenvalue weighted by Gasteiger charge is 2.18. The second-order valence-electron chi connectivity index (χ2n) is 2.55. The van der Waals surface area contributed by atoms with Crippen molar-refractivity contribution < 1.29 is 14.7 Å². The van der Waals surface area contributed by atoms with Crippen LogP contribution in [0, 0.1) is 0 Å². The number of hydrogen-bond acceptors (Lipinski definition) is 4. The molecule has 0 spiro atoms. The van der Waals surface area contributed by atoms with Crippen molar-refractivity contribution in [2.75, 3.05) is 7.11 Å². The fourth-order valence-corrected chi connectivity index (χ4v) is 1.10. The van der Waals surface area contributed by atoms with Crippen molar-refractivity contribution in [2.45, 2.75) is 19.3 Å². The highest BCUT2D eigenvalue weighted by Crippen LogP contribution is 2.18. The molecule has 0 atom stereocenters. The van der Waals surface area contributed by atoms with E-state index in [0.29, 0.717) is 12.8 Å². The van der Waals surface area contributed by atoms with Gasteiger partial charge in [0.05, 0.1) is 11.8 Å². The van der Waals surface area contributed by atoms with E-state index in [-0.39, 0.29) is 17.1 Å². The van der Waals surface area contributed by atoms with Crippen molar-refractivity contribution in [1.29, 1.82) is 0 Å². The Hall–Kier alpha value is -1.32. The van der Waals surface area contributed by atoms with Crippen LogP contribution in [0.3, 0.4) is 0 Å². The zero-order chi connectivity index (χ0) is 8.97. The summed E-state index contributed by atoms with van der Waals surface area (Å²) in [5.41, 5.74) is 0.281. The maximum absolute atomic E-state index is 11.1. The lowest BCUT2D eigenvalue weighted by atomic mass is 9.97. The zero-order valence-corrected chi connectivity index (χ0v) is 6.91. The zero-order valence-electron chi connectivity index (χ0n) is 6.91. The van der Waals surface area contributed by atoms with Crippen LogP contribution >= 0.6 is 0 Å². The van der Waals surface area contributed by atoms with Crippen LogP contribution in [-0.2, 0) is 9.63 Å². The molecule has 0 aromatic carbocycles. The monoisotopic (exact) mass is 169 g/mol. The third-order valence-corrected chi connectivity index (χ3v) is 1.72. The van der Waals surface area contributed by atoms with E-state index in [1.165, 1.54) is 13.3 Å². The summed E-state index contributed by atoms with van der Waals surface area (Å²) in [6, 6.07) is 0. The fraction of sp³-hybridized carbons (Fsp3) is 0.500. The number of carbonyl (C=O) groups excluding carboxylic acids is 1. The van der Waals surface area contributed by atoms with Crippen LogP contribution in [0.25, 0.3) is 0 Å². The SMILES string of the molecule is CO/N=C/C1=C(O)CCCC1=O. The van der Waals surface area contributed by atoms with E-state index in [1.54, 1.807) is 0 Å². The van der Waals surface area contributed by atoms with Gasteiger partial charge in [-0.3, -0.25) is 4.79 Å². The Bertz CT molecular complexity index is 243. The van der Waals surface area contributed by atoms with Gasteiger partial charge in [-0.25, -0.2) is 0 Å². The summed E-state index contributed by atoms with van der Waals surface area (Å²) < 4.78 is 0. The summed E-state index contributed by atoms with van der Waals surface area (Å²) in [7, 11) is 1.39. The van der Waals surface area contributed by atoms with Crippen LogP contribution in [0.4, 0.5) is 0 Å². The van der Waals surface area contributed by atoms with Gasteiger partial charge in [-0.2, -0.15) is 0 Å². The van der Waals surface area contributed by atoms with Gasteiger partial charge < -0.3 is 9.94 Å². The number of nitrogens with zero attached hydrogens (tertiary/aromatic N) is 1. The molecule has 12 heavy (non-hydrogen) atoms. The van der Waals surface area contributed by atoms with Crippen molar-refractivity contribution in [3.8, 4) is 0 Å². The maximum atomic E-state index is 11.1. The molecule has 0 aromatic rings. The standard InChI is InChI=1S/C8H11NO3/c1-12-9-5-6-7(10)3-2-4-8(6)11/h5,10H,2-4H2,1H3/b9-5+. The van der Waals surface area contributed by atoms with E-state index in [4.69, 9.17) is 0 Å². The average molecular weight is 169 g/mol. The van der Waals surface area contributed by atoms with E-state index in [2.05, 4.69) is 9.99 Å². The Balaban J connectivity index is 2.81. The molecule has 1 aliphatic rings. The van der Waals surface area contributed by atoms with Crippen LogP contribution in [0.15, 0.2) is 16.5 Å². The van der Waals surface area contributed by atoms with Crippen LogP contribution in [0.2, 0.25) is 0 Å². The predicted molar refractivity (Wildman–Crippen MR) is 44.0 cm³/mol. The number of aliphatic hydroxyl groups is 1. The summed E-state index contributed by atoms with van der Waals surface area (Å²) in [6.07, 6.45) is 3.01. The number of rotatable bonds is 2. The Morgan fingerprint density at radius 1 is 1.58 bits per heavy atom. The van der Waals surface area contributed by atoms with Gasteiger partial charge in [0.15, 0.2) is 5.78 Å². The van der Waals surface area contributed by atoms with Gasteiger partial charge in [-0.05, 0) is 6.42 Å². The predicted octanol–water partition coefficient (Wildman–Crippen LogP) is 1.18. The molecule has 0 saturated heterocycles. The molecule has 0 saturated carbocycles. The molecule has 1 N–H and O–H groups in total. The van der Waals surface area contributed by atoms with Crippen molar-refractivity contribution in [2.24, 2.45) is 5.16 Å². The second kappa shape index (κ2) is 3.90. The molecule has 0 unspecified atom stereocenters. The Morgan fingerprint density at radius 2 is 2.33 bits per heavy atom. The van der Waals surface area contributed by atoms with Crippen molar-refractivity contribution in [1.82, 2.24) is 0 Å². The average Bonchev–Trinajstić information content (AvgIpc) is 2.04. The van der Waals surface area contributed by atoms with E-state index < -0.39 is 0 Å². The number of hydrogen-bond donors (Lipinski definition) is 1. The van der Waals surface area contributed by atoms with Crippen LogP contribution < -0.4 is 0 Å². The smallest absolute Gasteiger partial charge is 0.167 e. The number of oxime groups is 1. The first kappa shape index (κ1) is 8.77. The Kier molecular flexibility index (Phi) is 2.85. The molecule has 0 bridgehead atoms. The Morgan fingerprint density at radius 3 is 2.92 bits per heavy atom. The van der Waals surface area contributed by atoms with E-state index in [9.17, 15) is 9.90 Å². The largest absolute Gasteiger partial charge is 0.512 e. The minimum atomic E-state index is -0.0699. The van der Waals surface area contributed by atoms with Gasteiger partial charge in [0.1, 0.15) is 12.9 Å². The molecule has 0 amide bonds. The first-order valence-corrected chi connectivity index (χ1v) is 3.77. The minimum absolute atomic E-state index is 0.0699. The Labute approximate surface area is 70.5 Å². The highest BCUT2D eigenvalue weighted by molar-refractivity contribution is 6.14. The number of aliphatic hydroxyl groups excluding tert-OH is 1. The molecule has 1 rings (SSSR count).